The molecule has 0 radical (unpaired) electrons. The first kappa shape index (κ1) is 13.3. The highest BCUT2D eigenvalue weighted by molar-refractivity contribution is 5.81. The Bertz CT molecular complexity index is 846. The van der Waals surface area contributed by atoms with Gasteiger partial charge in [0, 0.05) is 18.0 Å². The number of nitrogens with zero attached hydrogens (tertiary/aromatic N) is 2. The number of carbonyl (C=O) groups is 1. The van der Waals surface area contributed by atoms with Crippen LogP contribution < -0.4 is 10.4 Å². The van der Waals surface area contributed by atoms with Crippen molar-refractivity contribution in [3.05, 3.63) is 64.0 Å². The van der Waals surface area contributed by atoms with Crippen LogP contribution in [-0.4, -0.2) is 27.6 Å². The molecular weight excluding hydrogens is 271 g/mol. The first-order chi connectivity index (χ1) is 10.1. The smallest absolute Gasteiger partial charge is 0.412 e. The molecule has 1 N–H and O–H groups in total. The van der Waals surface area contributed by atoms with E-state index in [0.29, 0.717) is 10.8 Å². The number of halogens is 1. The van der Waals surface area contributed by atoms with Crippen molar-refractivity contribution in [1.29, 1.82) is 0 Å². The molecule has 0 fully saturated rings. The summed E-state index contributed by atoms with van der Waals surface area (Å²) in [6.45, 7) is 1.92. The van der Waals surface area contributed by atoms with Crippen LogP contribution in [-0.2, 0) is 0 Å². The number of rotatable bonds is 1. The molecule has 1 aromatic carbocycles. The summed E-state index contributed by atoms with van der Waals surface area (Å²) in [6.07, 6.45) is 2.21. The maximum atomic E-state index is 14.3. The van der Waals surface area contributed by atoms with Crippen LogP contribution >= 0.6 is 0 Å². The van der Waals surface area contributed by atoms with E-state index in [2.05, 4.69) is 4.98 Å². The second kappa shape index (κ2) is 5.01. The Labute approximate surface area is 120 Å². The first-order valence-electron chi connectivity index (χ1n) is 6.50. The van der Waals surface area contributed by atoms with E-state index in [-0.39, 0.29) is 17.9 Å². The summed E-state index contributed by atoms with van der Waals surface area (Å²) in [5.74, 6) is -0.520. The molecule has 2 aromatic rings. The van der Waals surface area contributed by atoms with Crippen LogP contribution in [0.4, 0.5) is 9.18 Å². The molecular formula is C16H13FN2O2. The van der Waals surface area contributed by atoms with Crippen LogP contribution in [0, 0.1) is 12.7 Å². The summed E-state index contributed by atoms with van der Waals surface area (Å²) in [7, 11) is 0. The first-order valence-corrected chi connectivity index (χ1v) is 6.50. The summed E-state index contributed by atoms with van der Waals surface area (Å²) in [4.78, 5) is 16.7. The van der Waals surface area contributed by atoms with Gasteiger partial charge in [-0.15, -0.1) is 0 Å². The fraction of sp³-hybridized carbons (Fsp3) is 0.125. The van der Waals surface area contributed by atoms with E-state index >= 15 is 0 Å². The van der Waals surface area contributed by atoms with Gasteiger partial charge in [0.1, 0.15) is 5.69 Å². The van der Waals surface area contributed by atoms with Crippen molar-refractivity contribution in [3.63, 3.8) is 0 Å². The van der Waals surface area contributed by atoms with E-state index in [1.54, 1.807) is 25.1 Å². The number of aryl methyl sites for hydroxylation is 1. The summed E-state index contributed by atoms with van der Waals surface area (Å²) >= 11 is 0. The number of fused-ring (bicyclic) bond motifs is 1. The molecule has 1 aliphatic heterocycles. The topological polar surface area (TPSA) is 53.4 Å². The lowest BCUT2D eigenvalue weighted by Gasteiger charge is -2.24. The Hall–Kier alpha value is -2.69. The van der Waals surface area contributed by atoms with Gasteiger partial charge in [-0.25, -0.2) is 9.18 Å². The Morgan fingerprint density at radius 2 is 2.14 bits per heavy atom. The molecule has 1 amide bonds. The van der Waals surface area contributed by atoms with Crippen molar-refractivity contribution in [2.75, 3.05) is 6.54 Å². The van der Waals surface area contributed by atoms with Crippen molar-refractivity contribution in [1.82, 2.24) is 9.88 Å². The second-order valence-electron chi connectivity index (χ2n) is 4.88. The summed E-state index contributed by atoms with van der Waals surface area (Å²) in [5.41, 5.74) is 1.04. The summed E-state index contributed by atoms with van der Waals surface area (Å²) in [6, 6.07) is 8.67. The largest absolute Gasteiger partial charge is 0.465 e. The van der Waals surface area contributed by atoms with Crippen molar-refractivity contribution < 1.29 is 14.3 Å². The molecule has 0 atom stereocenters. The number of aromatic nitrogens is 1. The van der Waals surface area contributed by atoms with E-state index in [1.165, 1.54) is 12.3 Å². The lowest BCUT2D eigenvalue weighted by atomic mass is 10.1. The fourth-order valence-electron chi connectivity index (χ4n) is 2.45. The van der Waals surface area contributed by atoms with Gasteiger partial charge in [-0.05, 0) is 23.8 Å². The van der Waals surface area contributed by atoms with Crippen molar-refractivity contribution >= 4 is 17.9 Å². The Balaban J connectivity index is 2.38. The SMILES string of the molecule is Cc1cnc(C2=c3ccccc3=CCN2C(=O)O)c(F)c1. The summed E-state index contributed by atoms with van der Waals surface area (Å²) in [5, 5.41) is 10.9. The van der Waals surface area contributed by atoms with Gasteiger partial charge in [0.05, 0.1) is 5.70 Å². The monoisotopic (exact) mass is 284 g/mol. The fourth-order valence-corrected chi connectivity index (χ4v) is 2.45. The minimum atomic E-state index is -1.13. The van der Waals surface area contributed by atoms with Crippen molar-refractivity contribution in [2.24, 2.45) is 0 Å². The number of benzene rings is 1. The Morgan fingerprint density at radius 3 is 2.86 bits per heavy atom. The highest BCUT2D eigenvalue weighted by Gasteiger charge is 2.24. The minimum Gasteiger partial charge on any atom is -0.465 e. The van der Waals surface area contributed by atoms with Crippen LogP contribution in [0.25, 0.3) is 11.8 Å². The van der Waals surface area contributed by atoms with E-state index in [9.17, 15) is 14.3 Å². The molecule has 0 aliphatic carbocycles. The molecule has 1 aliphatic rings. The average molecular weight is 284 g/mol. The molecule has 4 nitrogen and oxygen atoms in total. The predicted molar refractivity (Wildman–Crippen MR) is 76.3 cm³/mol. The molecule has 0 spiro atoms. The molecule has 106 valence electrons. The normalized spacial score (nSPS) is 13.6. The van der Waals surface area contributed by atoms with E-state index in [1.807, 2.05) is 12.1 Å². The van der Waals surface area contributed by atoms with Gasteiger partial charge in [0.15, 0.2) is 5.82 Å². The third-order valence-corrected chi connectivity index (χ3v) is 3.41. The number of hydrogen-bond acceptors (Lipinski definition) is 2. The third-order valence-electron chi connectivity index (χ3n) is 3.41. The minimum absolute atomic E-state index is 0.0588. The molecule has 5 heteroatoms. The number of hydrogen-bond donors (Lipinski definition) is 1. The molecule has 2 heterocycles. The quantitative estimate of drug-likeness (QED) is 0.862. The number of pyridine rings is 1. The van der Waals surface area contributed by atoms with Crippen LogP contribution in [0.15, 0.2) is 36.5 Å². The standard InChI is InChI=1S/C16H13FN2O2/c1-10-8-13(17)14(18-9-10)15-12-5-3-2-4-11(12)6-7-19(15)16(20)21/h2-6,8-9H,7H2,1H3,(H,20,21). The van der Waals surface area contributed by atoms with Gasteiger partial charge in [0.25, 0.3) is 0 Å². The van der Waals surface area contributed by atoms with Gasteiger partial charge < -0.3 is 5.11 Å². The molecule has 21 heavy (non-hydrogen) atoms. The lowest BCUT2D eigenvalue weighted by molar-refractivity contribution is 0.170. The number of amides is 1. The molecule has 0 bridgehead atoms. The lowest BCUT2D eigenvalue weighted by Crippen LogP contribution is -2.43. The van der Waals surface area contributed by atoms with Crippen LogP contribution in [0.2, 0.25) is 0 Å². The predicted octanol–water partition coefficient (Wildman–Crippen LogP) is 1.46. The van der Waals surface area contributed by atoms with Gasteiger partial charge in [0.2, 0.25) is 0 Å². The molecule has 0 saturated heterocycles. The van der Waals surface area contributed by atoms with Crippen LogP contribution in [0.1, 0.15) is 11.3 Å². The molecule has 3 rings (SSSR count). The van der Waals surface area contributed by atoms with Crippen molar-refractivity contribution in [3.8, 4) is 0 Å². The van der Waals surface area contributed by atoms with Gasteiger partial charge in [-0.1, -0.05) is 30.3 Å². The Kier molecular flexibility index (Phi) is 3.17. The highest BCUT2D eigenvalue weighted by atomic mass is 19.1. The third kappa shape index (κ3) is 2.27. The maximum Gasteiger partial charge on any atom is 0.412 e. The molecule has 0 unspecified atom stereocenters. The maximum absolute atomic E-state index is 14.3. The number of carboxylic acid groups (broad SMARTS) is 1. The van der Waals surface area contributed by atoms with Gasteiger partial charge in [-0.2, -0.15) is 0 Å². The van der Waals surface area contributed by atoms with E-state index in [4.69, 9.17) is 0 Å². The van der Waals surface area contributed by atoms with Crippen molar-refractivity contribution in [2.45, 2.75) is 6.92 Å². The average Bonchev–Trinajstić information content (AvgIpc) is 2.46. The highest BCUT2D eigenvalue weighted by Crippen LogP contribution is 2.19. The van der Waals surface area contributed by atoms with Crippen LogP contribution in [0.5, 0.6) is 0 Å². The van der Waals surface area contributed by atoms with Gasteiger partial charge in [-0.3, -0.25) is 9.88 Å². The van der Waals surface area contributed by atoms with Crippen LogP contribution in [0.3, 0.4) is 0 Å². The zero-order valence-corrected chi connectivity index (χ0v) is 11.4. The molecule has 0 saturated carbocycles. The van der Waals surface area contributed by atoms with Gasteiger partial charge >= 0.3 is 6.09 Å². The summed E-state index contributed by atoms with van der Waals surface area (Å²) < 4.78 is 14.3. The zero-order chi connectivity index (χ0) is 15.0. The van der Waals surface area contributed by atoms with E-state index in [0.717, 1.165) is 10.1 Å². The van der Waals surface area contributed by atoms with E-state index < -0.39 is 11.9 Å². The molecule has 1 aromatic heterocycles. The second-order valence-corrected chi connectivity index (χ2v) is 4.88. The Morgan fingerprint density at radius 1 is 1.38 bits per heavy atom. The zero-order valence-electron chi connectivity index (χ0n) is 11.4.